The average Bonchev–Trinajstić information content (AvgIpc) is 3.73. The minimum atomic E-state index is -0.907. The molecule has 14 heteroatoms. The van der Waals surface area contributed by atoms with Gasteiger partial charge < -0.3 is 33.7 Å². The molecule has 2 aromatic rings. The molecule has 11 atom stereocenters. The van der Waals surface area contributed by atoms with Gasteiger partial charge >= 0.3 is 17.9 Å². The zero-order chi connectivity index (χ0) is 47.0. The largest absolute Gasteiger partial charge is 0.461 e. The SMILES string of the molecule is C=C[C@@]1(C)C[C@H](OC(=O)CSC2CC3CCC(C2)N3C)[C@@]2(C)C(C)CCC3(CCC(=O)C32)[C@H](C)[C@H]1OC(=O)CCOC(=O)c1cn2c3c(c(N4CCC(O)CC4)c(F)cc3c1=O)CCC2C. The van der Waals surface area contributed by atoms with Crippen LogP contribution in [0.3, 0.4) is 0 Å². The summed E-state index contributed by atoms with van der Waals surface area (Å²) in [5.41, 5.74) is -1.05. The minimum absolute atomic E-state index is 0.0748. The van der Waals surface area contributed by atoms with Gasteiger partial charge in [-0.05, 0) is 108 Å². The summed E-state index contributed by atoms with van der Waals surface area (Å²) in [6, 6.07) is 2.28. The Morgan fingerprint density at radius 1 is 0.970 bits per heavy atom. The van der Waals surface area contributed by atoms with Gasteiger partial charge in [0.1, 0.15) is 36.0 Å². The van der Waals surface area contributed by atoms with Crippen molar-refractivity contribution in [3.05, 3.63) is 52.1 Å². The molecule has 6 unspecified atom stereocenters. The number of pyridine rings is 1. The van der Waals surface area contributed by atoms with E-state index in [-0.39, 0.29) is 65.3 Å². The number of fused-ring (bicyclic) bond motifs is 2. The summed E-state index contributed by atoms with van der Waals surface area (Å²) in [4.78, 5) is 74.3. The third-order valence-electron chi connectivity index (χ3n) is 18.4. The number of ketones is 1. The number of thioether (sulfide) groups is 1. The van der Waals surface area contributed by atoms with Crippen LogP contribution in [0.2, 0.25) is 0 Å². The molecule has 9 rings (SSSR count). The molecule has 1 N–H and O–H groups in total. The first kappa shape index (κ1) is 47.3. The molecule has 4 aliphatic heterocycles. The third kappa shape index (κ3) is 7.94. The van der Waals surface area contributed by atoms with Crippen LogP contribution in [0.5, 0.6) is 0 Å². The number of aromatic nitrogens is 1. The van der Waals surface area contributed by atoms with Gasteiger partial charge in [0.25, 0.3) is 0 Å². The number of halogens is 1. The van der Waals surface area contributed by atoms with Crippen LogP contribution in [0, 0.1) is 39.8 Å². The lowest BCUT2D eigenvalue weighted by Crippen LogP contribution is -2.63. The number of Topliss-reactive ketones (excluding diaryl/α,β-unsaturated/α-hetero) is 1. The standard InChI is InChI=1S/C52H70FN3O9S/c1-8-50(5)26-41(64-43(60)28-66-35-23-32-10-11-33(24-35)54(32)7)51(6)29(2)13-18-52(19-14-40(58)47(51)52)31(4)48(50)65-42(59)17-22-63-49(62)38-27-56-30(3)9-12-36-44(56)37(46(38)61)25-39(53)45(36)55-20-15-34(57)16-21-55/h8,25,27,29-35,41,47-48,57H,1,9-24,26,28H2,2-7H3/t29?,30?,31-,32?,33?,35?,41+,47?,48-,50+,51-,52?/m1/s1. The number of esters is 3. The molecule has 6 fully saturated rings. The molecular formula is C52H70FN3O9S. The average molecular weight is 932 g/mol. The molecule has 12 nitrogen and oxygen atoms in total. The number of hydrogen-bond acceptors (Lipinski definition) is 12. The maximum Gasteiger partial charge on any atom is 0.343 e. The Labute approximate surface area is 392 Å². The number of hydrogen-bond donors (Lipinski definition) is 1. The number of carbonyl (C=O) groups is 4. The van der Waals surface area contributed by atoms with Gasteiger partial charge in [0, 0.05) is 82.7 Å². The van der Waals surface area contributed by atoms with Crippen molar-refractivity contribution < 1.29 is 42.9 Å². The number of benzene rings is 1. The van der Waals surface area contributed by atoms with Crippen molar-refractivity contribution in [1.82, 2.24) is 9.47 Å². The highest BCUT2D eigenvalue weighted by Crippen LogP contribution is 2.68. The molecule has 5 heterocycles. The normalized spacial score (nSPS) is 36.6. The predicted octanol–water partition coefficient (Wildman–Crippen LogP) is 7.97. The molecule has 66 heavy (non-hydrogen) atoms. The van der Waals surface area contributed by atoms with Gasteiger partial charge in [0.2, 0.25) is 5.43 Å². The van der Waals surface area contributed by atoms with Gasteiger partial charge in [-0.15, -0.1) is 18.3 Å². The Morgan fingerprint density at radius 3 is 2.38 bits per heavy atom. The number of carbonyl (C=O) groups excluding carboxylic acids is 4. The van der Waals surface area contributed by atoms with Gasteiger partial charge in [-0.25, -0.2) is 9.18 Å². The number of aliphatic hydroxyl groups excluding tert-OH is 1. The highest BCUT2D eigenvalue weighted by atomic mass is 32.2. The summed E-state index contributed by atoms with van der Waals surface area (Å²) in [6.45, 7) is 15.4. The number of aryl methyl sites for hydroxylation is 1. The maximum atomic E-state index is 16.0. The first-order valence-corrected chi connectivity index (χ1v) is 25.8. The first-order valence-electron chi connectivity index (χ1n) is 24.8. The number of piperidine rings is 2. The lowest BCUT2D eigenvalue weighted by molar-refractivity contribution is -0.213. The summed E-state index contributed by atoms with van der Waals surface area (Å²) < 4.78 is 36.6. The van der Waals surface area contributed by atoms with E-state index >= 15 is 4.39 Å². The van der Waals surface area contributed by atoms with Crippen LogP contribution >= 0.6 is 11.8 Å². The minimum Gasteiger partial charge on any atom is -0.461 e. The van der Waals surface area contributed by atoms with Gasteiger partial charge in [-0.3, -0.25) is 19.2 Å². The summed E-state index contributed by atoms with van der Waals surface area (Å²) in [5.74, 6) is -2.41. The van der Waals surface area contributed by atoms with Crippen molar-refractivity contribution in [3.63, 3.8) is 0 Å². The van der Waals surface area contributed by atoms with Gasteiger partial charge in [0.05, 0.1) is 29.5 Å². The fourth-order valence-corrected chi connectivity index (χ4v) is 15.5. The van der Waals surface area contributed by atoms with Gasteiger partial charge in [0.15, 0.2) is 0 Å². The van der Waals surface area contributed by atoms with Crippen LogP contribution in [-0.2, 0) is 35.0 Å². The lowest BCUT2D eigenvalue weighted by Gasteiger charge is -2.62. The Morgan fingerprint density at radius 2 is 1.68 bits per heavy atom. The second-order valence-electron chi connectivity index (χ2n) is 21.8. The number of aliphatic hydroxyl groups is 1. The fraction of sp³-hybridized carbons (Fsp3) is 0.712. The Balaban J connectivity index is 0.919. The van der Waals surface area contributed by atoms with Crippen LogP contribution in [0.4, 0.5) is 10.1 Å². The second-order valence-corrected chi connectivity index (χ2v) is 23.1. The molecule has 0 radical (unpaired) electrons. The first-order chi connectivity index (χ1) is 31.4. The van der Waals surface area contributed by atoms with Crippen molar-refractivity contribution in [3.8, 4) is 0 Å². The van der Waals surface area contributed by atoms with Crippen molar-refractivity contribution in [2.45, 2.75) is 166 Å². The zero-order valence-electron chi connectivity index (χ0n) is 39.8. The predicted molar refractivity (Wildman–Crippen MR) is 252 cm³/mol. The lowest BCUT2D eigenvalue weighted by atomic mass is 9.44. The second kappa shape index (κ2) is 18.0. The quantitative estimate of drug-likeness (QED) is 0.133. The van der Waals surface area contributed by atoms with E-state index in [1.807, 2.05) is 29.4 Å². The highest BCUT2D eigenvalue weighted by Gasteiger charge is 2.69. The van der Waals surface area contributed by atoms with Crippen LogP contribution < -0.4 is 10.3 Å². The molecular weight excluding hydrogens is 862 g/mol. The maximum absolute atomic E-state index is 16.0. The number of nitrogens with zero attached hydrogens (tertiary/aromatic N) is 3. The zero-order valence-corrected chi connectivity index (χ0v) is 40.6. The molecule has 3 saturated carbocycles. The van der Waals surface area contributed by atoms with Crippen LogP contribution in [0.1, 0.15) is 140 Å². The van der Waals surface area contributed by atoms with E-state index in [0.29, 0.717) is 86.6 Å². The molecule has 3 aliphatic carbocycles. The number of rotatable bonds is 11. The van der Waals surface area contributed by atoms with E-state index in [2.05, 4.69) is 39.3 Å². The van der Waals surface area contributed by atoms with E-state index in [1.165, 1.54) is 25.1 Å². The summed E-state index contributed by atoms with van der Waals surface area (Å²) in [6.07, 6.45) is 11.2. The fourth-order valence-electron chi connectivity index (χ4n) is 14.3. The number of anilines is 1. The van der Waals surface area contributed by atoms with E-state index in [0.717, 1.165) is 31.2 Å². The van der Waals surface area contributed by atoms with Gasteiger partial charge in [-0.2, -0.15) is 0 Å². The topological polar surface area (TPSA) is 145 Å². The third-order valence-corrected chi connectivity index (χ3v) is 19.7. The smallest absolute Gasteiger partial charge is 0.343 e. The Kier molecular flexibility index (Phi) is 12.9. The van der Waals surface area contributed by atoms with E-state index in [9.17, 15) is 29.1 Å². The molecule has 1 aromatic carbocycles. The molecule has 0 amide bonds. The summed E-state index contributed by atoms with van der Waals surface area (Å²) in [5, 5.41) is 10.6. The number of ether oxygens (including phenoxy) is 3. The Hall–Kier alpha value is -3.75. The monoisotopic (exact) mass is 931 g/mol. The van der Waals surface area contributed by atoms with E-state index < -0.39 is 57.7 Å². The molecule has 3 saturated heterocycles. The van der Waals surface area contributed by atoms with Crippen LogP contribution in [0.25, 0.3) is 10.9 Å². The van der Waals surface area contributed by atoms with Crippen molar-refractivity contribution in [1.29, 1.82) is 0 Å². The molecule has 4 bridgehead atoms. The summed E-state index contributed by atoms with van der Waals surface area (Å²) in [7, 11) is 2.21. The van der Waals surface area contributed by atoms with E-state index in [4.69, 9.17) is 14.2 Å². The summed E-state index contributed by atoms with van der Waals surface area (Å²) >= 11 is 1.69. The highest BCUT2D eigenvalue weighted by molar-refractivity contribution is 8.00. The van der Waals surface area contributed by atoms with E-state index in [1.54, 1.807) is 11.8 Å². The molecule has 7 aliphatic rings. The van der Waals surface area contributed by atoms with Crippen LogP contribution in [0.15, 0.2) is 29.7 Å². The van der Waals surface area contributed by atoms with Crippen molar-refractivity contribution >= 4 is 52.0 Å². The molecule has 0 spiro atoms. The molecule has 360 valence electrons. The molecule has 1 aromatic heterocycles. The van der Waals surface area contributed by atoms with Gasteiger partial charge in [-0.1, -0.05) is 33.8 Å². The Bertz CT molecular complexity index is 2330. The van der Waals surface area contributed by atoms with Crippen LogP contribution in [-0.4, -0.2) is 106 Å². The van der Waals surface area contributed by atoms with Crippen molar-refractivity contribution in [2.75, 3.05) is 37.4 Å². The van der Waals surface area contributed by atoms with Crippen molar-refractivity contribution in [2.24, 2.45) is 34.0 Å².